The standard InChI is InChI=1S/C27H29N4O5P.C2H6/c1-4-34-37(35-5-2)17-26(32)31-24-15-22-23(16-25(24)33-3)28-18-29-27(22)30-19-11-13-21(14-12-19)36-20-9-7-6-8-10-20;1-2/h6-16,18H,4-5,17H2,1-3H3,(H,31,32)(H,28,29,30);1-2H3. The Labute approximate surface area is 230 Å². The average Bonchev–Trinajstić information content (AvgIpc) is 2.96. The second-order valence-corrected chi connectivity index (χ2v) is 9.23. The van der Waals surface area contributed by atoms with E-state index in [1.54, 1.807) is 19.2 Å². The minimum Gasteiger partial charge on any atom is -0.494 e. The van der Waals surface area contributed by atoms with Gasteiger partial charge in [0.15, 0.2) is 8.38 Å². The van der Waals surface area contributed by atoms with Gasteiger partial charge in [0, 0.05) is 17.1 Å². The van der Waals surface area contributed by atoms with Crippen molar-refractivity contribution in [2.24, 2.45) is 0 Å². The van der Waals surface area contributed by atoms with Gasteiger partial charge in [-0.3, -0.25) is 4.79 Å². The normalized spacial score (nSPS) is 10.5. The van der Waals surface area contributed by atoms with Crippen molar-refractivity contribution in [2.75, 3.05) is 37.1 Å². The van der Waals surface area contributed by atoms with Gasteiger partial charge in [-0.1, -0.05) is 32.0 Å². The van der Waals surface area contributed by atoms with Gasteiger partial charge in [0.25, 0.3) is 0 Å². The quantitative estimate of drug-likeness (QED) is 0.175. The van der Waals surface area contributed by atoms with Crippen molar-refractivity contribution < 1.29 is 23.3 Å². The zero-order valence-corrected chi connectivity index (χ0v) is 23.8. The van der Waals surface area contributed by atoms with Crippen molar-refractivity contribution in [2.45, 2.75) is 27.7 Å². The number of para-hydroxylation sites is 1. The van der Waals surface area contributed by atoms with Crippen molar-refractivity contribution in [1.29, 1.82) is 0 Å². The summed E-state index contributed by atoms with van der Waals surface area (Å²) >= 11 is 0. The number of benzene rings is 3. The van der Waals surface area contributed by atoms with E-state index in [2.05, 4.69) is 20.6 Å². The van der Waals surface area contributed by atoms with Crippen LogP contribution in [0, 0.1) is 0 Å². The Kier molecular flexibility index (Phi) is 11.9. The number of carbonyl (C=O) groups excluding carboxylic acids is 1. The molecule has 0 aliphatic rings. The molecule has 3 aromatic carbocycles. The maximum atomic E-state index is 12.7. The topological polar surface area (TPSA) is 104 Å². The van der Waals surface area contributed by atoms with Gasteiger partial charge in [0.05, 0.1) is 37.7 Å². The first-order valence-corrected chi connectivity index (χ1v) is 14.2. The molecule has 0 bridgehead atoms. The predicted octanol–water partition coefficient (Wildman–Crippen LogP) is 7.52. The Morgan fingerprint density at radius 1 is 0.897 bits per heavy atom. The maximum absolute atomic E-state index is 12.7. The molecule has 4 aromatic rings. The molecule has 1 amide bonds. The molecule has 1 aromatic heterocycles. The van der Waals surface area contributed by atoms with Gasteiger partial charge in [-0.05, 0) is 56.3 Å². The zero-order valence-electron chi connectivity index (χ0n) is 22.9. The third-order valence-electron chi connectivity index (χ3n) is 5.15. The maximum Gasteiger partial charge on any atom is 0.233 e. The molecule has 0 fully saturated rings. The van der Waals surface area contributed by atoms with E-state index >= 15 is 0 Å². The van der Waals surface area contributed by atoms with Crippen molar-refractivity contribution in [1.82, 2.24) is 9.97 Å². The first kappa shape index (κ1) is 29.8. The summed E-state index contributed by atoms with van der Waals surface area (Å²) in [6.07, 6.45) is 1.60. The van der Waals surface area contributed by atoms with Crippen LogP contribution in [0.5, 0.6) is 17.2 Å². The highest BCUT2D eigenvalue weighted by Gasteiger charge is 2.18. The summed E-state index contributed by atoms with van der Waals surface area (Å²) in [4.78, 5) is 21.5. The van der Waals surface area contributed by atoms with E-state index in [0.717, 1.165) is 22.6 Å². The van der Waals surface area contributed by atoms with E-state index in [1.165, 1.54) is 6.33 Å². The highest BCUT2D eigenvalue weighted by molar-refractivity contribution is 7.48. The van der Waals surface area contributed by atoms with Gasteiger partial charge >= 0.3 is 0 Å². The van der Waals surface area contributed by atoms with E-state index in [4.69, 9.17) is 18.5 Å². The molecule has 206 valence electrons. The fourth-order valence-corrected chi connectivity index (χ4v) is 4.69. The number of ether oxygens (including phenoxy) is 2. The first-order chi connectivity index (χ1) is 19.1. The van der Waals surface area contributed by atoms with Crippen LogP contribution in [-0.2, 0) is 13.8 Å². The highest BCUT2D eigenvalue weighted by atomic mass is 31.2. The summed E-state index contributed by atoms with van der Waals surface area (Å²) < 4.78 is 22.5. The minimum absolute atomic E-state index is 0.117. The molecule has 1 heterocycles. The molecular formula is C29H35N4O5P. The lowest BCUT2D eigenvalue weighted by Crippen LogP contribution is -2.17. The Hall–Kier alpha value is -3.78. The smallest absolute Gasteiger partial charge is 0.233 e. The van der Waals surface area contributed by atoms with Crippen molar-refractivity contribution >= 4 is 42.4 Å². The van der Waals surface area contributed by atoms with E-state index in [1.807, 2.05) is 82.3 Å². The molecule has 0 saturated heterocycles. The van der Waals surface area contributed by atoms with Gasteiger partial charge in [0.2, 0.25) is 5.91 Å². The Morgan fingerprint density at radius 3 is 2.21 bits per heavy atom. The molecule has 0 aliphatic carbocycles. The number of hydrogen-bond acceptors (Lipinski definition) is 8. The van der Waals surface area contributed by atoms with Gasteiger partial charge in [-0.25, -0.2) is 9.97 Å². The molecule has 0 atom stereocenters. The predicted molar refractivity (Wildman–Crippen MR) is 157 cm³/mol. The van der Waals surface area contributed by atoms with Gasteiger partial charge in [-0.2, -0.15) is 0 Å². The molecule has 0 radical (unpaired) electrons. The lowest BCUT2D eigenvalue weighted by atomic mass is 10.2. The summed E-state index contributed by atoms with van der Waals surface area (Å²) in [6, 6.07) is 20.7. The summed E-state index contributed by atoms with van der Waals surface area (Å²) in [5, 5.41) is 6.96. The lowest BCUT2D eigenvalue weighted by molar-refractivity contribution is -0.114. The van der Waals surface area contributed by atoms with Crippen LogP contribution in [0.2, 0.25) is 0 Å². The number of amides is 1. The summed E-state index contributed by atoms with van der Waals surface area (Å²) in [5.41, 5.74) is 2.00. The number of anilines is 3. The number of carbonyl (C=O) groups is 1. The summed E-state index contributed by atoms with van der Waals surface area (Å²) in [5.74, 6) is 2.34. The Balaban J connectivity index is 0.00000205. The van der Waals surface area contributed by atoms with Crippen LogP contribution < -0.4 is 20.1 Å². The van der Waals surface area contributed by atoms with Gasteiger partial charge in [0.1, 0.15) is 29.4 Å². The average molecular weight is 551 g/mol. The largest absolute Gasteiger partial charge is 0.494 e. The molecule has 0 spiro atoms. The number of nitrogens with one attached hydrogen (secondary N) is 2. The SMILES string of the molecule is CC.CCOP(CC(=O)Nc1cc2c(Nc3ccc(Oc4ccccc4)cc3)ncnc2cc1OC)OCC. The highest BCUT2D eigenvalue weighted by Crippen LogP contribution is 2.39. The molecule has 39 heavy (non-hydrogen) atoms. The van der Waals surface area contributed by atoms with Crippen LogP contribution in [0.15, 0.2) is 73.1 Å². The zero-order chi connectivity index (χ0) is 28.0. The van der Waals surface area contributed by atoms with Crippen LogP contribution in [0.1, 0.15) is 27.7 Å². The fraction of sp³-hybridized carbons (Fsp3) is 0.276. The van der Waals surface area contributed by atoms with E-state index in [9.17, 15) is 4.79 Å². The number of nitrogens with zero attached hydrogens (tertiary/aromatic N) is 2. The molecule has 4 rings (SSSR count). The van der Waals surface area contributed by atoms with E-state index in [0.29, 0.717) is 36.0 Å². The Morgan fingerprint density at radius 2 is 1.56 bits per heavy atom. The van der Waals surface area contributed by atoms with Crippen LogP contribution in [0.3, 0.4) is 0 Å². The molecular weight excluding hydrogens is 515 g/mol. The van der Waals surface area contributed by atoms with Gasteiger partial charge < -0.3 is 29.2 Å². The monoisotopic (exact) mass is 550 g/mol. The molecule has 0 saturated carbocycles. The molecule has 0 aliphatic heterocycles. The molecule has 9 nitrogen and oxygen atoms in total. The molecule has 10 heteroatoms. The number of aromatic nitrogens is 2. The van der Waals surface area contributed by atoms with E-state index < -0.39 is 8.38 Å². The minimum atomic E-state index is -1.30. The fourth-order valence-electron chi connectivity index (χ4n) is 3.54. The summed E-state index contributed by atoms with van der Waals surface area (Å²) in [6.45, 7) is 8.70. The first-order valence-electron chi connectivity index (χ1n) is 12.9. The van der Waals surface area contributed by atoms with E-state index in [-0.39, 0.29) is 12.1 Å². The third-order valence-corrected chi connectivity index (χ3v) is 6.78. The Bertz CT molecular complexity index is 1320. The number of rotatable bonds is 12. The lowest BCUT2D eigenvalue weighted by Gasteiger charge is -2.17. The van der Waals surface area contributed by atoms with Crippen molar-refractivity contribution in [3.63, 3.8) is 0 Å². The second-order valence-electron chi connectivity index (χ2n) is 7.73. The number of fused-ring (bicyclic) bond motifs is 1. The second kappa shape index (κ2) is 15.6. The summed E-state index contributed by atoms with van der Waals surface area (Å²) in [7, 11) is 0.241. The number of hydrogen-bond donors (Lipinski definition) is 2. The van der Waals surface area contributed by atoms with Crippen molar-refractivity contribution in [3.05, 3.63) is 73.1 Å². The van der Waals surface area contributed by atoms with Gasteiger partial charge in [-0.15, -0.1) is 0 Å². The van der Waals surface area contributed by atoms with Crippen LogP contribution in [0.4, 0.5) is 17.2 Å². The molecule has 2 N–H and O–H groups in total. The van der Waals surface area contributed by atoms with Crippen molar-refractivity contribution in [3.8, 4) is 17.2 Å². The molecule has 0 unspecified atom stereocenters. The van der Waals surface area contributed by atoms with Crippen LogP contribution >= 0.6 is 8.38 Å². The third kappa shape index (κ3) is 8.61. The number of methoxy groups -OCH3 is 1. The van der Waals surface area contributed by atoms with Crippen LogP contribution in [0.25, 0.3) is 10.9 Å². The van der Waals surface area contributed by atoms with Crippen LogP contribution in [-0.4, -0.2) is 42.4 Å².